The molecule has 0 spiro atoms. The Bertz CT molecular complexity index is 420. The molecular weight excluding hydrogens is 282 g/mol. The average molecular weight is 298 g/mol. The normalized spacial score (nSPS) is 16.5. The Hall–Kier alpha value is -1.03. The maximum atomic E-state index is 11.8. The molecule has 1 atom stereocenters. The molecule has 92 valence electrons. The van der Waals surface area contributed by atoms with Crippen LogP contribution in [0.15, 0.2) is 18.2 Å². The first kappa shape index (κ1) is 12.4. The molecule has 3 nitrogen and oxygen atoms in total. The zero-order chi connectivity index (χ0) is 12.3. The molecule has 0 radical (unpaired) electrons. The molecule has 4 heteroatoms. The number of nitrogens with one attached hydrogen (secondary N) is 1. The monoisotopic (exact) mass is 297 g/mol. The maximum Gasteiger partial charge on any atom is 0.255 e. The van der Waals surface area contributed by atoms with Crippen LogP contribution in [0.2, 0.25) is 0 Å². The topological polar surface area (TPSA) is 38.3 Å². The molecule has 1 N–H and O–H groups in total. The van der Waals surface area contributed by atoms with Crippen LogP contribution in [0.3, 0.4) is 0 Å². The maximum absolute atomic E-state index is 11.8. The molecule has 1 aromatic rings. The predicted octanol–water partition coefficient (Wildman–Crippen LogP) is 3.04. The Morgan fingerprint density at radius 2 is 2.35 bits per heavy atom. The van der Waals surface area contributed by atoms with Gasteiger partial charge in [0.15, 0.2) is 0 Å². The second kappa shape index (κ2) is 5.54. The molecule has 2 rings (SSSR count). The van der Waals surface area contributed by atoms with Gasteiger partial charge in [0.1, 0.15) is 12.4 Å². The number of benzene rings is 1. The van der Waals surface area contributed by atoms with E-state index in [2.05, 4.69) is 28.2 Å². The van der Waals surface area contributed by atoms with E-state index in [0.29, 0.717) is 29.3 Å². The van der Waals surface area contributed by atoms with Crippen molar-refractivity contribution in [1.29, 1.82) is 0 Å². The lowest BCUT2D eigenvalue weighted by Gasteiger charge is -2.12. The number of rotatable bonds is 3. The highest BCUT2D eigenvalue weighted by atomic mass is 79.9. The van der Waals surface area contributed by atoms with Gasteiger partial charge in [0.25, 0.3) is 5.91 Å². The summed E-state index contributed by atoms with van der Waals surface area (Å²) >= 11 is 3.64. The van der Waals surface area contributed by atoms with Gasteiger partial charge in [-0.2, -0.15) is 0 Å². The van der Waals surface area contributed by atoms with Crippen LogP contribution in [-0.2, 0) is 0 Å². The first-order chi connectivity index (χ1) is 8.22. The van der Waals surface area contributed by atoms with Crippen molar-refractivity contribution in [2.45, 2.75) is 24.6 Å². The van der Waals surface area contributed by atoms with Crippen LogP contribution < -0.4 is 10.1 Å². The quantitative estimate of drug-likeness (QED) is 0.871. The van der Waals surface area contributed by atoms with E-state index in [1.165, 1.54) is 0 Å². The zero-order valence-electron chi connectivity index (χ0n) is 9.83. The summed E-state index contributed by atoms with van der Waals surface area (Å²) in [5, 5.41) is 2.82. The van der Waals surface area contributed by atoms with Crippen molar-refractivity contribution < 1.29 is 9.53 Å². The molecular formula is C13H16BrNO2. The lowest BCUT2D eigenvalue weighted by atomic mass is 10.0. The van der Waals surface area contributed by atoms with Crippen molar-refractivity contribution in [2.75, 3.05) is 13.2 Å². The van der Waals surface area contributed by atoms with Crippen LogP contribution in [0.25, 0.3) is 0 Å². The third-order valence-corrected chi connectivity index (χ3v) is 3.78. The van der Waals surface area contributed by atoms with Gasteiger partial charge in [0, 0.05) is 4.83 Å². The molecule has 1 aromatic carbocycles. The number of alkyl halides is 1. The van der Waals surface area contributed by atoms with Gasteiger partial charge < -0.3 is 10.1 Å². The second-order valence-electron chi connectivity index (χ2n) is 4.12. The fraction of sp³-hybridized carbons (Fsp3) is 0.462. The van der Waals surface area contributed by atoms with Crippen molar-refractivity contribution in [3.05, 3.63) is 29.3 Å². The van der Waals surface area contributed by atoms with E-state index in [4.69, 9.17) is 4.74 Å². The van der Waals surface area contributed by atoms with E-state index >= 15 is 0 Å². The highest BCUT2D eigenvalue weighted by molar-refractivity contribution is 9.09. The summed E-state index contributed by atoms with van der Waals surface area (Å²) in [6.45, 7) is 3.24. The predicted molar refractivity (Wildman–Crippen MR) is 70.8 cm³/mol. The van der Waals surface area contributed by atoms with E-state index < -0.39 is 0 Å². The number of hydrogen-bond acceptors (Lipinski definition) is 2. The number of hydrogen-bond donors (Lipinski definition) is 1. The highest BCUT2D eigenvalue weighted by Crippen LogP contribution is 2.31. The second-order valence-corrected chi connectivity index (χ2v) is 5.22. The van der Waals surface area contributed by atoms with Gasteiger partial charge in [-0.25, -0.2) is 0 Å². The smallest absolute Gasteiger partial charge is 0.255 e. The largest absolute Gasteiger partial charge is 0.491 e. The van der Waals surface area contributed by atoms with Crippen molar-refractivity contribution in [2.24, 2.45) is 0 Å². The molecule has 0 saturated carbocycles. The van der Waals surface area contributed by atoms with E-state index in [1.54, 1.807) is 0 Å². The average Bonchev–Trinajstić information content (AvgIpc) is 2.51. The minimum absolute atomic E-state index is 0.0458. The third-order valence-electron chi connectivity index (χ3n) is 2.80. The van der Waals surface area contributed by atoms with Gasteiger partial charge in [0.2, 0.25) is 0 Å². The van der Waals surface area contributed by atoms with Crippen molar-refractivity contribution >= 4 is 21.8 Å². The third kappa shape index (κ3) is 2.80. The molecule has 1 aliphatic heterocycles. The van der Waals surface area contributed by atoms with Gasteiger partial charge in [-0.3, -0.25) is 4.79 Å². The first-order valence-electron chi connectivity index (χ1n) is 5.91. The summed E-state index contributed by atoms with van der Waals surface area (Å²) in [4.78, 5) is 12.1. The summed E-state index contributed by atoms with van der Waals surface area (Å²) < 4.78 is 5.51. The van der Waals surface area contributed by atoms with Crippen LogP contribution in [0, 0.1) is 0 Å². The van der Waals surface area contributed by atoms with E-state index in [0.717, 1.165) is 18.4 Å². The van der Waals surface area contributed by atoms with Gasteiger partial charge in [0.05, 0.1) is 12.1 Å². The molecule has 0 saturated heterocycles. The zero-order valence-corrected chi connectivity index (χ0v) is 11.4. The molecule has 1 heterocycles. The molecule has 1 amide bonds. The fourth-order valence-electron chi connectivity index (χ4n) is 1.89. The van der Waals surface area contributed by atoms with Crippen LogP contribution >= 0.6 is 15.9 Å². The minimum atomic E-state index is -0.0458. The van der Waals surface area contributed by atoms with E-state index in [1.807, 2.05) is 18.2 Å². The minimum Gasteiger partial charge on any atom is -0.491 e. The van der Waals surface area contributed by atoms with Crippen molar-refractivity contribution in [1.82, 2.24) is 5.32 Å². The molecule has 0 aromatic heterocycles. The van der Waals surface area contributed by atoms with E-state index in [9.17, 15) is 4.79 Å². The van der Waals surface area contributed by atoms with Crippen LogP contribution in [0.1, 0.15) is 40.5 Å². The number of fused-ring (bicyclic) bond motifs is 1. The Labute approximate surface area is 110 Å². The molecule has 0 bridgehead atoms. The van der Waals surface area contributed by atoms with E-state index in [-0.39, 0.29) is 5.91 Å². The molecule has 1 unspecified atom stereocenters. The summed E-state index contributed by atoms with van der Waals surface area (Å²) in [6.07, 6.45) is 2.16. The van der Waals surface area contributed by atoms with Crippen molar-refractivity contribution in [3.8, 4) is 5.75 Å². The molecule has 17 heavy (non-hydrogen) atoms. The Balaban J connectivity index is 2.31. The van der Waals surface area contributed by atoms with Gasteiger partial charge in [-0.05, 0) is 24.1 Å². The molecule has 0 aliphatic carbocycles. The summed E-state index contributed by atoms with van der Waals surface area (Å²) in [6, 6.07) is 5.83. The molecule has 0 fully saturated rings. The fourth-order valence-corrected chi connectivity index (χ4v) is 2.63. The number of carbonyl (C=O) groups excluding carboxylic acids is 1. The Kier molecular flexibility index (Phi) is 4.05. The number of carbonyl (C=O) groups is 1. The Morgan fingerprint density at radius 1 is 1.53 bits per heavy atom. The lowest BCUT2D eigenvalue weighted by Crippen LogP contribution is -2.24. The molecule has 1 aliphatic rings. The van der Waals surface area contributed by atoms with Crippen LogP contribution in [0.5, 0.6) is 5.75 Å². The van der Waals surface area contributed by atoms with Gasteiger partial charge >= 0.3 is 0 Å². The van der Waals surface area contributed by atoms with Crippen LogP contribution in [0.4, 0.5) is 0 Å². The Morgan fingerprint density at radius 3 is 3.12 bits per heavy atom. The van der Waals surface area contributed by atoms with Gasteiger partial charge in [-0.15, -0.1) is 0 Å². The summed E-state index contributed by atoms with van der Waals surface area (Å²) in [7, 11) is 0. The van der Waals surface area contributed by atoms with Gasteiger partial charge in [-0.1, -0.05) is 35.3 Å². The number of halogens is 1. The summed E-state index contributed by atoms with van der Waals surface area (Å²) in [5.74, 6) is 0.635. The highest BCUT2D eigenvalue weighted by Gasteiger charge is 2.18. The number of ether oxygens (including phenoxy) is 1. The SMILES string of the molecule is CCCC(Br)c1ccc2c(c1)C(=O)NCCO2. The standard InChI is InChI=1S/C13H16BrNO2/c1-2-3-11(14)9-4-5-12-10(8-9)13(16)15-6-7-17-12/h4-5,8,11H,2-3,6-7H2,1H3,(H,15,16). The van der Waals surface area contributed by atoms with Crippen molar-refractivity contribution in [3.63, 3.8) is 0 Å². The van der Waals surface area contributed by atoms with Crippen LogP contribution in [-0.4, -0.2) is 19.1 Å². The lowest BCUT2D eigenvalue weighted by molar-refractivity contribution is 0.0957. The first-order valence-corrected chi connectivity index (χ1v) is 6.83. The number of amides is 1. The summed E-state index contributed by atoms with van der Waals surface area (Å²) in [5.41, 5.74) is 1.77.